The first kappa shape index (κ1) is 15.7. The van der Waals surface area contributed by atoms with Crippen molar-refractivity contribution in [2.24, 2.45) is 5.92 Å². The molecule has 2 unspecified atom stereocenters. The predicted molar refractivity (Wildman–Crippen MR) is 81.0 cm³/mol. The van der Waals surface area contributed by atoms with E-state index in [0.29, 0.717) is 18.6 Å². The number of fused-ring (bicyclic) bond motifs is 1. The van der Waals surface area contributed by atoms with Crippen LogP contribution in [-0.2, 0) is 11.2 Å². The van der Waals surface area contributed by atoms with Crippen LogP contribution in [0.15, 0.2) is 6.07 Å². The third kappa shape index (κ3) is 2.99. The Morgan fingerprint density at radius 1 is 1.43 bits per heavy atom. The monoisotopic (exact) mass is 292 g/mol. The number of aromatic hydroxyl groups is 1. The highest BCUT2D eigenvalue weighted by molar-refractivity contribution is 5.70. The fourth-order valence-corrected chi connectivity index (χ4v) is 3.04. The highest BCUT2D eigenvalue weighted by Gasteiger charge is 2.36. The first-order valence-electron chi connectivity index (χ1n) is 7.51. The number of carboxylic acid groups (broad SMARTS) is 1. The van der Waals surface area contributed by atoms with Crippen molar-refractivity contribution in [2.45, 2.75) is 59.0 Å². The van der Waals surface area contributed by atoms with E-state index >= 15 is 0 Å². The summed E-state index contributed by atoms with van der Waals surface area (Å²) in [7, 11) is 0. The molecule has 0 aromatic heterocycles. The molecule has 21 heavy (non-hydrogen) atoms. The van der Waals surface area contributed by atoms with Crippen molar-refractivity contribution in [2.75, 3.05) is 0 Å². The van der Waals surface area contributed by atoms with Gasteiger partial charge in [0, 0.05) is 6.42 Å². The second-order valence-corrected chi connectivity index (χ2v) is 6.33. The number of aryl methyl sites for hydroxylation is 1. The molecule has 1 aliphatic heterocycles. The van der Waals surface area contributed by atoms with Gasteiger partial charge in [0.1, 0.15) is 17.1 Å². The summed E-state index contributed by atoms with van der Waals surface area (Å²) in [4.78, 5) is 11.3. The topological polar surface area (TPSA) is 66.8 Å². The van der Waals surface area contributed by atoms with E-state index in [2.05, 4.69) is 0 Å². The molecule has 2 N–H and O–H groups in total. The number of carbonyl (C=O) groups is 1. The van der Waals surface area contributed by atoms with E-state index in [9.17, 15) is 15.0 Å². The number of ether oxygens (including phenoxy) is 1. The molecule has 0 saturated heterocycles. The number of phenolic OH excluding ortho intramolecular Hbond substituents is 1. The van der Waals surface area contributed by atoms with Gasteiger partial charge in [-0.25, -0.2) is 0 Å². The molecular formula is C17H24O4. The summed E-state index contributed by atoms with van der Waals surface area (Å²) in [5, 5.41) is 19.2. The van der Waals surface area contributed by atoms with E-state index in [1.165, 1.54) is 0 Å². The number of benzene rings is 1. The molecule has 0 radical (unpaired) electrons. The van der Waals surface area contributed by atoms with Gasteiger partial charge in [0.15, 0.2) is 0 Å². The molecule has 0 bridgehead atoms. The fourth-order valence-electron chi connectivity index (χ4n) is 3.04. The molecule has 4 heteroatoms. The van der Waals surface area contributed by atoms with Gasteiger partial charge in [0.25, 0.3) is 0 Å². The molecule has 0 saturated carbocycles. The Kier molecular flexibility index (Phi) is 4.17. The highest BCUT2D eigenvalue weighted by atomic mass is 16.5. The van der Waals surface area contributed by atoms with E-state index in [0.717, 1.165) is 35.3 Å². The van der Waals surface area contributed by atoms with Gasteiger partial charge in [-0.3, -0.25) is 4.79 Å². The molecule has 2 rings (SSSR count). The third-order valence-corrected chi connectivity index (χ3v) is 4.68. The predicted octanol–water partition coefficient (Wildman–Crippen LogP) is 3.59. The maximum Gasteiger partial charge on any atom is 0.306 e. The van der Waals surface area contributed by atoms with Gasteiger partial charge < -0.3 is 14.9 Å². The lowest BCUT2D eigenvalue weighted by atomic mass is 9.83. The number of hydrogen-bond acceptors (Lipinski definition) is 3. The zero-order valence-corrected chi connectivity index (χ0v) is 13.2. The van der Waals surface area contributed by atoms with Gasteiger partial charge in [-0.05, 0) is 62.8 Å². The van der Waals surface area contributed by atoms with Crippen molar-refractivity contribution in [3.63, 3.8) is 0 Å². The van der Waals surface area contributed by atoms with E-state index in [-0.39, 0.29) is 5.92 Å². The Bertz CT molecular complexity index is 564. The van der Waals surface area contributed by atoms with Crippen molar-refractivity contribution in [3.8, 4) is 11.5 Å². The minimum absolute atomic E-state index is 0.301. The van der Waals surface area contributed by atoms with Crippen molar-refractivity contribution in [3.05, 3.63) is 22.8 Å². The molecule has 1 aromatic carbocycles. The molecule has 0 aliphatic carbocycles. The summed E-state index contributed by atoms with van der Waals surface area (Å²) in [6, 6.07) is 1.77. The van der Waals surface area contributed by atoms with Crippen molar-refractivity contribution >= 4 is 5.97 Å². The first-order chi connectivity index (χ1) is 9.77. The number of hydrogen-bond donors (Lipinski definition) is 2. The zero-order valence-electron chi connectivity index (χ0n) is 13.2. The summed E-state index contributed by atoms with van der Waals surface area (Å²) in [5.74, 6) is -0.0171. The zero-order chi connectivity index (χ0) is 15.8. The SMILES string of the molecule is CCC(CC1(C)CCc2cc(O)c(C)c(C)c2O1)C(=O)O. The third-order valence-electron chi connectivity index (χ3n) is 4.68. The Morgan fingerprint density at radius 2 is 2.10 bits per heavy atom. The number of carboxylic acids is 1. The standard InChI is InChI=1S/C17H24O4/c1-5-12(16(19)20)9-17(4)7-6-13-8-14(18)10(2)11(3)15(13)21-17/h8,12,18H,5-7,9H2,1-4H3,(H,19,20). The van der Waals surface area contributed by atoms with Gasteiger partial charge in [-0.15, -0.1) is 0 Å². The molecule has 0 fully saturated rings. The van der Waals surface area contributed by atoms with Gasteiger partial charge in [-0.2, -0.15) is 0 Å². The van der Waals surface area contributed by atoms with Crippen molar-refractivity contribution in [1.29, 1.82) is 0 Å². The second-order valence-electron chi connectivity index (χ2n) is 6.33. The van der Waals surface area contributed by atoms with E-state index in [1.807, 2.05) is 27.7 Å². The Balaban J connectivity index is 2.29. The van der Waals surface area contributed by atoms with E-state index in [4.69, 9.17) is 4.74 Å². The van der Waals surface area contributed by atoms with Gasteiger partial charge >= 0.3 is 5.97 Å². The average Bonchev–Trinajstić information content (AvgIpc) is 2.43. The molecule has 116 valence electrons. The summed E-state index contributed by atoms with van der Waals surface area (Å²) >= 11 is 0. The summed E-state index contributed by atoms with van der Waals surface area (Å²) in [5.41, 5.74) is 2.32. The minimum atomic E-state index is -0.758. The van der Waals surface area contributed by atoms with Crippen LogP contribution in [0.3, 0.4) is 0 Å². The van der Waals surface area contributed by atoms with Crippen LogP contribution in [0.4, 0.5) is 0 Å². The number of phenols is 1. The van der Waals surface area contributed by atoms with Crippen LogP contribution in [0, 0.1) is 19.8 Å². The van der Waals surface area contributed by atoms with Crippen molar-refractivity contribution < 1.29 is 19.7 Å². The Hall–Kier alpha value is -1.71. The van der Waals surface area contributed by atoms with Gasteiger partial charge in [0.05, 0.1) is 5.92 Å². The fraction of sp³-hybridized carbons (Fsp3) is 0.588. The molecular weight excluding hydrogens is 268 g/mol. The van der Waals surface area contributed by atoms with Crippen molar-refractivity contribution in [1.82, 2.24) is 0 Å². The second kappa shape index (κ2) is 5.58. The molecule has 2 atom stereocenters. The Labute approximate surface area is 125 Å². The van der Waals surface area contributed by atoms with Crippen LogP contribution in [-0.4, -0.2) is 21.8 Å². The van der Waals surface area contributed by atoms with Crippen LogP contribution in [0.2, 0.25) is 0 Å². The van der Waals surface area contributed by atoms with Crippen LogP contribution in [0.5, 0.6) is 11.5 Å². The summed E-state index contributed by atoms with van der Waals surface area (Å²) < 4.78 is 6.19. The average molecular weight is 292 g/mol. The maximum absolute atomic E-state index is 11.3. The number of rotatable bonds is 4. The molecule has 0 spiro atoms. The highest BCUT2D eigenvalue weighted by Crippen LogP contribution is 2.42. The van der Waals surface area contributed by atoms with Crippen LogP contribution < -0.4 is 4.74 Å². The van der Waals surface area contributed by atoms with Crippen LogP contribution in [0.1, 0.15) is 49.8 Å². The molecule has 1 aliphatic rings. The first-order valence-corrected chi connectivity index (χ1v) is 7.51. The van der Waals surface area contributed by atoms with Crippen LogP contribution in [0.25, 0.3) is 0 Å². The van der Waals surface area contributed by atoms with E-state index < -0.39 is 11.6 Å². The quantitative estimate of drug-likeness (QED) is 0.890. The molecule has 4 nitrogen and oxygen atoms in total. The lowest BCUT2D eigenvalue weighted by Crippen LogP contribution is -2.40. The minimum Gasteiger partial charge on any atom is -0.508 e. The lowest BCUT2D eigenvalue weighted by molar-refractivity contribution is -0.144. The summed E-state index contributed by atoms with van der Waals surface area (Å²) in [6.45, 7) is 7.69. The molecule has 1 heterocycles. The van der Waals surface area contributed by atoms with Gasteiger partial charge in [-0.1, -0.05) is 6.92 Å². The van der Waals surface area contributed by atoms with Gasteiger partial charge in [0.2, 0.25) is 0 Å². The maximum atomic E-state index is 11.3. The lowest BCUT2D eigenvalue weighted by Gasteiger charge is -2.38. The molecule has 1 aromatic rings. The normalized spacial score (nSPS) is 22.3. The Morgan fingerprint density at radius 3 is 2.67 bits per heavy atom. The molecule has 0 amide bonds. The smallest absolute Gasteiger partial charge is 0.306 e. The summed E-state index contributed by atoms with van der Waals surface area (Å²) in [6.07, 6.45) is 2.69. The number of aliphatic carboxylic acids is 1. The van der Waals surface area contributed by atoms with E-state index in [1.54, 1.807) is 6.07 Å². The largest absolute Gasteiger partial charge is 0.508 e. The van der Waals surface area contributed by atoms with Crippen LogP contribution >= 0.6 is 0 Å².